The highest BCUT2D eigenvalue weighted by Crippen LogP contribution is 2.36. The Kier molecular flexibility index (Phi) is 4.68. The summed E-state index contributed by atoms with van der Waals surface area (Å²) >= 11 is 0. The molecule has 1 fully saturated rings. The van der Waals surface area contributed by atoms with Gasteiger partial charge in [-0.25, -0.2) is 0 Å². The summed E-state index contributed by atoms with van der Waals surface area (Å²) in [6, 6.07) is 7.98. The van der Waals surface area contributed by atoms with Gasteiger partial charge in [0, 0.05) is 6.04 Å². The number of carbonyl (C=O) groups excluding carboxylic acids is 1. The maximum Gasteiger partial charge on any atom is 0.272 e. The van der Waals surface area contributed by atoms with E-state index >= 15 is 0 Å². The van der Waals surface area contributed by atoms with E-state index in [1.165, 1.54) is 25.7 Å². The molecular formula is C21H25N3O4. The topological polar surface area (TPSA) is 74.6 Å². The van der Waals surface area contributed by atoms with Crippen LogP contribution in [0.1, 0.15) is 66.4 Å². The largest absolute Gasteiger partial charge is 0.454 e. The fraction of sp³-hybridized carbons (Fsp3) is 0.524. The van der Waals surface area contributed by atoms with Crippen molar-refractivity contribution in [2.24, 2.45) is 0 Å². The van der Waals surface area contributed by atoms with Crippen LogP contribution in [0.3, 0.4) is 0 Å². The van der Waals surface area contributed by atoms with Gasteiger partial charge in [-0.2, -0.15) is 5.10 Å². The molecule has 1 saturated carbocycles. The van der Waals surface area contributed by atoms with Gasteiger partial charge in [0.25, 0.3) is 5.91 Å². The molecule has 3 heterocycles. The highest BCUT2D eigenvalue weighted by molar-refractivity contribution is 5.92. The summed E-state index contributed by atoms with van der Waals surface area (Å²) in [5.74, 6) is 1.43. The molecule has 1 atom stereocenters. The number of carbonyl (C=O) groups is 1. The average Bonchev–Trinajstić information content (AvgIpc) is 3.28. The lowest BCUT2D eigenvalue weighted by Crippen LogP contribution is -2.34. The first kappa shape index (κ1) is 17.6. The predicted molar refractivity (Wildman–Crippen MR) is 101 cm³/mol. The van der Waals surface area contributed by atoms with Crippen LogP contribution in [-0.2, 0) is 17.9 Å². The first-order chi connectivity index (χ1) is 13.8. The molecule has 5 rings (SSSR count). The number of rotatable bonds is 3. The number of hydrogen-bond donors (Lipinski definition) is 1. The van der Waals surface area contributed by atoms with Gasteiger partial charge in [-0.05, 0) is 36.6 Å². The minimum atomic E-state index is -0.125. The normalized spacial score (nSPS) is 21.8. The molecule has 28 heavy (non-hydrogen) atoms. The van der Waals surface area contributed by atoms with Crippen LogP contribution in [0.4, 0.5) is 0 Å². The van der Waals surface area contributed by atoms with Crippen LogP contribution in [-0.4, -0.2) is 28.5 Å². The van der Waals surface area contributed by atoms with E-state index in [4.69, 9.17) is 14.2 Å². The molecule has 0 bridgehead atoms. The molecule has 1 N–H and O–H groups in total. The molecule has 1 amide bonds. The van der Waals surface area contributed by atoms with Crippen molar-refractivity contribution in [3.8, 4) is 11.5 Å². The third-order valence-electron chi connectivity index (χ3n) is 5.83. The van der Waals surface area contributed by atoms with Gasteiger partial charge in [0.15, 0.2) is 17.2 Å². The Balaban J connectivity index is 1.28. The van der Waals surface area contributed by atoms with Gasteiger partial charge in [-0.15, -0.1) is 0 Å². The van der Waals surface area contributed by atoms with Crippen LogP contribution in [0, 0.1) is 0 Å². The van der Waals surface area contributed by atoms with Gasteiger partial charge in [-0.3, -0.25) is 9.48 Å². The van der Waals surface area contributed by atoms with Crippen molar-refractivity contribution in [1.82, 2.24) is 15.1 Å². The highest BCUT2D eigenvalue weighted by Gasteiger charge is 2.26. The third-order valence-corrected chi connectivity index (χ3v) is 5.83. The van der Waals surface area contributed by atoms with Crippen molar-refractivity contribution in [3.05, 3.63) is 41.2 Å². The van der Waals surface area contributed by atoms with E-state index in [2.05, 4.69) is 10.4 Å². The number of benzene rings is 1. The van der Waals surface area contributed by atoms with Gasteiger partial charge >= 0.3 is 0 Å². The minimum absolute atomic E-state index is 0.0755. The maximum absolute atomic E-state index is 12.7. The highest BCUT2D eigenvalue weighted by atomic mass is 16.7. The third kappa shape index (κ3) is 3.46. The van der Waals surface area contributed by atoms with Crippen molar-refractivity contribution in [3.63, 3.8) is 0 Å². The SMILES string of the molecule is O=C(NC1CCCCCC1)c1cc2n(n1)C[C@H](c1ccc3c(c1)OCO3)OC2. The van der Waals surface area contributed by atoms with Crippen molar-refractivity contribution < 1.29 is 19.0 Å². The van der Waals surface area contributed by atoms with Crippen LogP contribution < -0.4 is 14.8 Å². The van der Waals surface area contributed by atoms with E-state index in [1.54, 1.807) is 0 Å². The zero-order chi connectivity index (χ0) is 18.9. The number of ether oxygens (including phenoxy) is 3. The zero-order valence-electron chi connectivity index (χ0n) is 15.9. The molecule has 1 aliphatic carbocycles. The molecule has 0 spiro atoms. The summed E-state index contributed by atoms with van der Waals surface area (Å²) < 4.78 is 18.7. The Morgan fingerprint density at radius 3 is 2.75 bits per heavy atom. The number of amides is 1. The van der Waals surface area contributed by atoms with E-state index < -0.39 is 0 Å². The lowest BCUT2D eigenvalue weighted by Gasteiger charge is -2.24. The van der Waals surface area contributed by atoms with E-state index in [-0.39, 0.29) is 24.8 Å². The van der Waals surface area contributed by atoms with Gasteiger partial charge in [0.05, 0.1) is 18.8 Å². The van der Waals surface area contributed by atoms with Crippen LogP contribution in [0.25, 0.3) is 0 Å². The number of nitrogens with one attached hydrogen (secondary N) is 1. The lowest BCUT2D eigenvalue weighted by atomic mass is 10.1. The van der Waals surface area contributed by atoms with E-state index in [0.29, 0.717) is 18.8 Å². The fourth-order valence-electron chi connectivity index (χ4n) is 4.23. The molecule has 0 radical (unpaired) electrons. The lowest BCUT2D eigenvalue weighted by molar-refractivity contribution is -0.00128. The van der Waals surface area contributed by atoms with Crippen LogP contribution in [0.2, 0.25) is 0 Å². The summed E-state index contributed by atoms with van der Waals surface area (Å²) in [4.78, 5) is 12.7. The van der Waals surface area contributed by atoms with Gasteiger partial charge in [0.2, 0.25) is 6.79 Å². The Morgan fingerprint density at radius 1 is 1.07 bits per heavy atom. The maximum atomic E-state index is 12.7. The molecule has 148 valence electrons. The second kappa shape index (κ2) is 7.47. The van der Waals surface area contributed by atoms with E-state index in [0.717, 1.165) is 35.6 Å². The number of nitrogens with zero attached hydrogens (tertiary/aromatic N) is 2. The molecular weight excluding hydrogens is 358 g/mol. The van der Waals surface area contributed by atoms with Crippen molar-refractivity contribution >= 4 is 5.91 Å². The van der Waals surface area contributed by atoms with Gasteiger partial charge in [-0.1, -0.05) is 31.7 Å². The molecule has 1 aromatic carbocycles. The number of hydrogen-bond acceptors (Lipinski definition) is 5. The second-order valence-corrected chi connectivity index (χ2v) is 7.78. The summed E-state index contributed by atoms with van der Waals surface area (Å²) in [5, 5.41) is 7.73. The van der Waals surface area contributed by atoms with Crippen molar-refractivity contribution in [1.29, 1.82) is 0 Å². The quantitative estimate of drug-likeness (QED) is 0.823. The molecule has 2 aliphatic heterocycles. The minimum Gasteiger partial charge on any atom is -0.454 e. The van der Waals surface area contributed by atoms with E-state index in [9.17, 15) is 4.79 Å². The van der Waals surface area contributed by atoms with Crippen molar-refractivity contribution in [2.75, 3.05) is 6.79 Å². The molecule has 0 saturated heterocycles. The fourth-order valence-corrected chi connectivity index (χ4v) is 4.23. The molecule has 1 aromatic heterocycles. The first-order valence-electron chi connectivity index (χ1n) is 10.1. The van der Waals surface area contributed by atoms with Gasteiger partial charge in [0.1, 0.15) is 6.10 Å². The monoisotopic (exact) mass is 383 g/mol. The van der Waals surface area contributed by atoms with Crippen LogP contribution >= 0.6 is 0 Å². The molecule has 2 aromatic rings. The van der Waals surface area contributed by atoms with Crippen LogP contribution in [0.5, 0.6) is 11.5 Å². The number of fused-ring (bicyclic) bond motifs is 2. The molecule has 3 aliphatic rings. The standard InChI is InChI=1S/C21H25N3O4/c25-21(22-15-5-3-1-2-4-6-15)17-10-16-12-26-20(11-24(16)23-17)14-7-8-18-19(9-14)28-13-27-18/h7-10,15,20H,1-6,11-13H2,(H,22,25)/t20-/m1/s1. The summed E-state index contributed by atoms with van der Waals surface area (Å²) in [6.07, 6.45) is 6.92. The zero-order valence-corrected chi connectivity index (χ0v) is 15.9. The Labute approximate surface area is 164 Å². The molecule has 7 heteroatoms. The Hall–Kier alpha value is -2.54. The smallest absolute Gasteiger partial charge is 0.272 e. The predicted octanol–water partition coefficient (Wildman–Crippen LogP) is 3.34. The van der Waals surface area contributed by atoms with Crippen LogP contribution in [0.15, 0.2) is 24.3 Å². The summed E-state index contributed by atoms with van der Waals surface area (Å²) in [7, 11) is 0. The van der Waals surface area contributed by atoms with Crippen molar-refractivity contribution in [2.45, 2.75) is 63.8 Å². The Morgan fingerprint density at radius 2 is 1.89 bits per heavy atom. The second-order valence-electron chi connectivity index (χ2n) is 7.78. The molecule has 7 nitrogen and oxygen atoms in total. The first-order valence-corrected chi connectivity index (χ1v) is 10.1. The average molecular weight is 383 g/mol. The summed E-state index contributed by atoms with van der Waals surface area (Å²) in [5.41, 5.74) is 2.44. The van der Waals surface area contributed by atoms with Gasteiger partial charge < -0.3 is 19.5 Å². The molecule has 0 unspecified atom stereocenters. The van der Waals surface area contributed by atoms with E-state index in [1.807, 2.05) is 28.9 Å². The Bertz CT molecular complexity index is 871. The number of aromatic nitrogens is 2. The summed E-state index contributed by atoms with van der Waals surface area (Å²) in [6.45, 7) is 1.27.